The number of ether oxygens (including phenoxy) is 1. The summed E-state index contributed by atoms with van der Waals surface area (Å²) in [6.07, 6.45) is 0.322. The fraction of sp³-hybridized carbons (Fsp3) is 0.364. The van der Waals surface area contributed by atoms with Crippen molar-refractivity contribution in [2.45, 2.75) is 19.3 Å². The van der Waals surface area contributed by atoms with Gasteiger partial charge in [-0.1, -0.05) is 11.6 Å². The Labute approximate surface area is 102 Å². The quantitative estimate of drug-likeness (QED) is 0.832. The van der Waals surface area contributed by atoms with E-state index in [0.29, 0.717) is 0 Å². The molecule has 0 fully saturated rings. The van der Waals surface area contributed by atoms with Gasteiger partial charge in [-0.2, -0.15) is 0 Å². The molecule has 0 saturated carbocycles. The van der Waals surface area contributed by atoms with E-state index >= 15 is 0 Å². The van der Waals surface area contributed by atoms with Crippen LogP contribution in [0, 0.1) is 11.6 Å². The topological polar surface area (TPSA) is 46.5 Å². The molecule has 0 aliphatic rings. The average Bonchev–Trinajstić information content (AvgIpc) is 2.26. The van der Waals surface area contributed by atoms with Crippen molar-refractivity contribution in [2.75, 3.05) is 7.11 Å². The molecular weight excluding hydrogens is 254 g/mol. The lowest BCUT2D eigenvalue weighted by Crippen LogP contribution is -2.01. The highest BCUT2D eigenvalue weighted by atomic mass is 35.5. The van der Waals surface area contributed by atoms with Gasteiger partial charge in [0.25, 0.3) is 0 Å². The molecule has 0 bridgehead atoms. The van der Waals surface area contributed by atoms with E-state index < -0.39 is 23.4 Å². The molecule has 3 nitrogen and oxygen atoms in total. The normalized spacial score (nSPS) is 10.4. The molecule has 0 unspecified atom stereocenters. The third-order valence-electron chi connectivity index (χ3n) is 2.23. The van der Waals surface area contributed by atoms with Crippen LogP contribution in [0.2, 0.25) is 5.02 Å². The molecule has 0 aromatic heterocycles. The average molecular weight is 265 g/mol. The summed E-state index contributed by atoms with van der Waals surface area (Å²) < 4.78 is 31.5. The molecule has 6 heteroatoms. The molecule has 0 amide bonds. The van der Waals surface area contributed by atoms with E-state index in [0.717, 1.165) is 13.2 Å². The van der Waals surface area contributed by atoms with Crippen molar-refractivity contribution in [3.05, 3.63) is 28.3 Å². The lowest BCUT2D eigenvalue weighted by atomic mass is 10.1. The van der Waals surface area contributed by atoms with Gasteiger partial charge >= 0.3 is 5.97 Å². The van der Waals surface area contributed by atoms with Gasteiger partial charge in [-0.05, 0) is 24.5 Å². The van der Waals surface area contributed by atoms with Crippen LogP contribution in [-0.4, -0.2) is 18.2 Å². The van der Waals surface area contributed by atoms with Crippen molar-refractivity contribution in [1.29, 1.82) is 0 Å². The van der Waals surface area contributed by atoms with E-state index in [1.165, 1.54) is 0 Å². The zero-order chi connectivity index (χ0) is 13.0. The summed E-state index contributed by atoms with van der Waals surface area (Å²) >= 11 is 5.57. The Morgan fingerprint density at radius 1 is 1.47 bits per heavy atom. The Morgan fingerprint density at radius 2 is 2.12 bits per heavy atom. The molecule has 17 heavy (non-hydrogen) atoms. The van der Waals surface area contributed by atoms with Gasteiger partial charge in [0.15, 0.2) is 17.4 Å². The molecular formula is C11H11ClF2O3. The van der Waals surface area contributed by atoms with Gasteiger partial charge < -0.3 is 9.84 Å². The predicted octanol–water partition coefficient (Wildman–Crippen LogP) is 3.03. The van der Waals surface area contributed by atoms with E-state index in [4.69, 9.17) is 16.7 Å². The molecule has 94 valence electrons. The summed E-state index contributed by atoms with van der Waals surface area (Å²) in [6, 6.07) is 1.15. The maximum absolute atomic E-state index is 13.7. The Kier molecular flexibility index (Phi) is 4.69. The van der Waals surface area contributed by atoms with Crippen molar-refractivity contribution < 1.29 is 23.4 Å². The van der Waals surface area contributed by atoms with Gasteiger partial charge in [0.1, 0.15) is 0 Å². The van der Waals surface area contributed by atoms with Crippen LogP contribution in [0.3, 0.4) is 0 Å². The largest absolute Gasteiger partial charge is 0.491 e. The highest BCUT2D eigenvalue weighted by Crippen LogP contribution is 2.31. The van der Waals surface area contributed by atoms with Gasteiger partial charge in [0, 0.05) is 6.42 Å². The van der Waals surface area contributed by atoms with Crippen LogP contribution in [0.5, 0.6) is 5.75 Å². The van der Waals surface area contributed by atoms with Crippen molar-refractivity contribution in [2.24, 2.45) is 0 Å². The lowest BCUT2D eigenvalue weighted by Gasteiger charge is -2.09. The first-order valence-corrected chi connectivity index (χ1v) is 5.27. The van der Waals surface area contributed by atoms with Crippen LogP contribution < -0.4 is 4.74 Å². The van der Waals surface area contributed by atoms with Crippen molar-refractivity contribution in [3.8, 4) is 5.75 Å². The smallest absolute Gasteiger partial charge is 0.303 e. The third-order valence-corrected chi connectivity index (χ3v) is 2.51. The van der Waals surface area contributed by atoms with Gasteiger partial charge in [-0.15, -0.1) is 0 Å². The standard InChI is InChI=1S/C11H11ClF2O3/c1-17-11-9(13)6(3-2-4-8(15)16)5-7(12)10(11)14/h5H,2-4H2,1H3,(H,15,16). The number of halogens is 3. The van der Waals surface area contributed by atoms with E-state index in [1.54, 1.807) is 0 Å². The van der Waals surface area contributed by atoms with Crippen LogP contribution >= 0.6 is 11.6 Å². The molecule has 0 atom stereocenters. The fourth-order valence-corrected chi connectivity index (χ4v) is 1.64. The summed E-state index contributed by atoms with van der Waals surface area (Å²) in [5.41, 5.74) is 0.148. The molecule has 0 aliphatic heterocycles. The second-order valence-corrected chi connectivity index (χ2v) is 3.83. The third kappa shape index (κ3) is 3.30. The molecule has 1 aromatic rings. The number of hydrogen-bond donors (Lipinski definition) is 1. The Hall–Kier alpha value is -1.36. The number of methoxy groups -OCH3 is 1. The molecule has 0 heterocycles. The highest BCUT2D eigenvalue weighted by molar-refractivity contribution is 6.31. The Bertz CT molecular complexity index is 435. The molecule has 0 aliphatic carbocycles. The minimum absolute atomic E-state index is 0.0866. The Morgan fingerprint density at radius 3 is 2.65 bits per heavy atom. The summed E-state index contributed by atoms with van der Waals surface area (Å²) in [4.78, 5) is 10.3. The van der Waals surface area contributed by atoms with Crippen molar-refractivity contribution in [3.63, 3.8) is 0 Å². The second-order valence-electron chi connectivity index (χ2n) is 3.43. The zero-order valence-electron chi connectivity index (χ0n) is 9.10. The number of carbonyl (C=O) groups is 1. The Balaban J connectivity index is 2.93. The SMILES string of the molecule is COc1c(F)c(Cl)cc(CCCC(=O)O)c1F. The number of aliphatic carboxylic acids is 1. The van der Waals surface area contributed by atoms with Crippen LogP contribution in [0.4, 0.5) is 8.78 Å². The van der Waals surface area contributed by atoms with Gasteiger partial charge in [-0.25, -0.2) is 8.78 Å². The maximum atomic E-state index is 13.7. The fourth-order valence-electron chi connectivity index (χ4n) is 1.42. The molecule has 0 saturated heterocycles. The second kappa shape index (κ2) is 5.82. The number of carboxylic acid groups (broad SMARTS) is 1. The van der Waals surface area contributed by atoms with E-state index in [-0.39, 0.29) is 29.8 Å². The van der Waals surface area contributed by atoms with Crippen LogP contribution in [0.1, 0.15) is 18.4 Å². The van der Waals surface area contributed by atoms with Crippen LogP contribution in [-0.2, 0) is 11.2 Å². The number of hydrogen-bond acceptors (Lipinski definition) is 2. The van der Waals surface area contributed by atoms with Crippen molar-refractivity contribution >= 4 is 17.6 Å². The predicted molar refractivity (Wildman–Crippen MR) is 58.5 cm³/mol. The molecule has 0 radical (unpaired) electrons. The first-order chi connectivity index (χ1) is 7.97. The van der Waals surface area contributed by atoms with E-state index in [2.05, 4.69) is 4.74 Å². The first kappa shape index (κ1) is 13.7. The van der Waals surface area contributed by atoms with E-state index in [9.17, 15) is 13.6 Å². The van der Waals surface area contributed by atoms with E-state index in [1.807, 2.05) is 0 Å². The number of rotatable bonds is 5. The van der Waals surface area contributed by atoms with Gasteiger partial charge in [0.2, 0.25) is 0 Å². The first-order valence-electron chi connectivity index (χ1n) is 4.89. The molecule has 1 rings (SSSR count). The van der Waals surface area contributed by atoms with Gasteiger partial charge in [-0.3, -0.25) is 4.79 Å². The molecule has 0 spiro atoms. The number of carboxylic acids is 1. The summed E-state index contributed by atoms with van der Waals surface area (Å²) in [6.45, 7) is 0. The van der Waals surface area contributed by atoms with Gasteiger partial charge in [0.05, 0.1) is 12.1 Å². The number of aryl methyl sites for hydroxylation is 1. The summed E-state index contributed by atoms with van der Waals surface area (Å²) in [5.74, 6) is -3.29. The highest BCUT2D eigenvalue weighted by Gasteiger charge is 2.18. The molecule has 1 N–H and O–H groups in total. The summed E-state index contributed by atoms with van der Waals surface area (Å²) in [7, 11) is 1.14. The van der Waals surface area contributed by atoms with Crippen LogP contribution in [0.15, 0.2) is 6.07 Å². The lowest BCUT2D eigenvalue weighted by molar-refractivity contribution is -0.137. The minimum atomic E-state index is -0.967. The monoisotopic (exact) mass is 264 g/mol. The van der Waals surface area contributed by atoms with Crippen LogP contribution in [0.25, 0.3) is 0 Å². The number of benzene rings is 1. The van der Waals surface area contributed by atoms with Crippen molar-refractivity contribution in [1.82, 2.24) is 0 Å². The molecule has 1 aromatic carbocycles. The summed E-state index contributed by atoms with van der Waals surface area (Å²) in [5, 5.41) is 8.21. The minimum Gasteiger partial charge on any atom is -0.491 e. The zero-order valence-corrected chi connectivity index (χ0v) is 9.85. The maximum Gasteiger partial charge on any atom is 0.303 e.